The van der Waals surface area contributed by atoms with Crippen LogP contribution in [-0.4, -0.2) is 19.0 Å². The van der Waals surface area contributed by atoms with Crippen molar-refractivity contribution >= 4 is 11.6 Å². The van der Waals surface area contributed by atoms with Crippen molar-refractivity contribution in [1.82, 2.24) is 0 Å². The Labute approximate surface area is 88.9 Å². The third-order valence-electron chi connectivity index (χ3n) is 3.75. The molecule has 1 aromatic carbocycles. The molecule has 3 nitrogen and oxygen atoms in total. The number of benzene rings is 1. The minimum atomic E-state index is -0.379. The van der Waals surface area contributed by atoms with Crippen LogP contribution in [0.5, 0.6) is 0 Å². The minimum Gasteiger partial charge on any atom is -0.326 e. The molecule has 15 heavy (non-hydrogen) atoms. The fraction of sp³-hybridized carbons (Fsp3) is 0.417. The number of fused-ring (bicyclic) bond motifs is 2. The lowest BCUT2D eigenvalue weighted by Crippen LogP contribution is -2.32. The van der Waals surface area contributed by atoms with Gasteiger partial charge in [0.15, 0.2) is 0 Å². The Morgan fingerprint density at radius 3 is 2.80 bits per heavy atom. The van der Waals surface area contributed by atoms with Crippen molar-refractivity contribution < 1.29 is 4.79 Å². The van der Waals surface area contributed by atoms with E-state index in [1.807, 2.05) is 32.2 Å². The molecule has 0 bridgehead atoms. The standard InChI is InChI=1S/C12H14N2O/c1-7-4-3-5-8-10(7)14(2)11(15)12(8)6-9(12)13/h3-5,9H,6,13H2,1-2H3. The molecule has 1 aromatic rings. The first kappa shape index (κ1) is 8.92. The van der Waals surface area contributed by atoms with E-state index < -0.39 is 0 Å². The number of hydrogen-bond donors (Lipinski definition) is 1. The lowest BCUT2D eigenvalue weighted by molar-refractivity contribution is -0.120. The zero-order valence-electron chi connectivity index (χ0n) is 8.95. The van der Waals surface area contributed by atoms with Gasteiger partial charge in [0.1, 0.15) is 0 Å². The summed E-state index contributed by atoms with van der Waals surface area (Å²) in [5.74, 6) is 0.166. The van der Waals surface area contributed by atoms with Crippen molar-refractivity contribution in [3.8, 4) is 0 Å². The van der Waals surface area contributed by atoms with E-state index in [2.05, 4.69) is 0 Å². The van der Waals surface area contributed by atoms with E-state index in [0.717, 1.165) is 23.2 Å². The normalized spacial score (nSPS) is 32.3. The molecule has 1 saturated carbocycles. The zero-order chi connectivity index (χ0) is 10.8. The zero-order valence-corrected chi connectivity index (χ0v) is 8.95. The third-order valence-corrected chi connectivity index (χ3v) is 3.75. The summed E-state index contributed by atoms with van der Waals surface area (Å²) in [6, 6.07) is 6.09. The van der Waals surface area contributed by atoms with Crippen LogP contribution in [-0.2, 0) is 10.2 Å². The fourth-order valence-electron chi connectivity index (χ4n) is 2.82. The van der Waals surface area contributed by atoms with Gasteiger partial charge in [0.25, 0.3) is 0 Å². The maximum absolute atomic E-state index is 12.2. The molecule has 1 aliphatic heterocycles. The Kier molecular flexibility index (Phi) is 1.44. The van der Waals surface area contributed by atoms with Crippen molar-refractivity contribution in [3.63, 3.8) is 0 Å². The number of carbonyl (C=O) groups excluding carboxylic acids is 1. The van der Waals surface area contributed by atoms with Gasteiger partial charge in [-0.2, -0.15) is 0 Å². The van der Waals surface area contributed by atoms with Gasteiger partial charge in [-0.25, -0.2) is 0 Å². The average Bonchev–Trinajstić information content (AvgIpc) is 2.83. The Morgan fingerprint density at radius 2 is 2.20 bits per heavy atom. The maximum atomic E-state index is 12.2. The van der Waals surface area contributed by atoms with Crippen LogP contribution < -0.4 is 10.6 Å². The molecule has 78 valence electrons. The van der Waals surface area contributed by atoms with Crippen molar-refractivity contribution in [3.05, 3.63) is 29.3 Å². The highest BCUT2D eigenvalue weighted by molar-refractivity contribution is 6.11. The highest BCUT2D eigenvalue weighted by atomic mass is 16.2. The number of anilines is 1. The van der Waals surface area contributed by atoms with Crippen molar-refractivity contribution in [2.75, 3.05) is 11.9 Å². The van der Waals surface area contributed by atoms with E-state index in [4.69, 9.17) is 5.73 Å². The van der Waals surface area contributed by atoms with Gasteiger partial charge in [-0.05, 0) is 24.5 Å². The number of nitrogens with zero attached hydrogens (tertiary/aromatic N) is 1. The summed E-state index contributed by atoms with van der Waals surface area (Å²) in [6.07, 6.45) is 0.798. The molecule has 2 N–H and O–H groups in total. The SMILES string of the molecule is Cc1cccc2c1N(C)C(=O)C21CC1N. The summed E-state index contributed by atoms with van der Waals surface area (Å²) in [7, 11) is 1.84. The van der Waals surface area contributed by atoms with Gasteiger partial charge in [-0.3, -0.25) is 4.79 Å². The second-order valence-electron chi connectivity index (χ2n) is 4.62. The highest BCUT2D eigenvalue weighted by Gasteiger charge is 2.65. The molecule has 1 amide bonds. The van der Waals surface area contributed by atoms with Crippen molar-refractivity contribution in [2.45, 2.75) is 24.8 Å². The topological polar surface area (TPSA) is 46.3 Å². The van der Waals surface area contributed by atoms with Crippen LogP contribution in [0.15, 0.2) is 18.2 Å². The highest BCUT2D eigenvalue weighted by Crippen LogP contribution is 2.56. The Balaban J connectivity index is 2.28. The lowest BCUT2D eigenvalue weighted by Gasteiger charge is -2.12. The number of para-hydroxylation sites is 1. The molecular weight excluding hydrogens is 188 g/mol. The maximum Gasteiger partial charge on any atom is 0.239 e. The molecule has 1 fully saturated rings. The summed E-state index contributed by atoms with van der Waals surface area (Å²) >= 11 is 0. The number of rotatable bonds is 0. The van der Waals surface area contributed by atoms with Crippen LogP contribution in [0.3, 0.4) is 0 Å². The van der Waals surface area contributed by atoms with E-state index in [9.17, 15) is 4.79 Å². The van der Waals surface area contributed by atoms with Gasteiger partial charge in [-0.1, -0.05) is 18.2 Å². The smallest absolute Gasteiger partial charge is 0.239 e. The van der Waals surface area contributed by atoms with Crippen LogP contribution in [0.2, 0.25) is 0 Å². The third kappa shape index (κ3) is 0.827. The molecule has 1 heterocycles. The second-order valence-corrected chi connectivity index (χ2v) is 4.62. The molecule has 0 aromatic heterocycles. The Hall–Kier alpha value is -1.35. The number of nitrogens with two attached hydrogens (primary N) is 1. The summed E-state index contributed by atoms with van der Waals surface area (Å²) in [4.78, 5) is 13.9. The molecule has 2 atom stereocenters. The number of hydrogen-bond acceptors (Lipinski definition) is 2. The number of likely N-dealkylation sites (N-methyl/N-ethyl adjacent to an activating group) is 1. The van der Waals surface area contributed by atoms with Crippen LogP contribution in [0, 0.1) is 6.92 Å². The van der Waals surface area contributed by atoms with Crippen LogP contribution in [0.25, 0.3) is 0 Å². The molecule has 0 radical (unpaired) electrons. The molecule has 3 rings (SSSR count). The van der Waals surface area contributed by atoms with Crippen LogP contribution >= 0.6 is 0 Å². The summed E-state index contributed by atoms with van der Waals surface area (Å²) < 4.78 is 0. The average molecular weight is 202 g/mol. The van der Waals surface area contributed by atoms with Gasteiger partial charge in [-0.15, -0.1) is 0 Å². The second kappa shape index (κ2) is 2.42. The first-order chi connectivity index (χ1) is 7.09. The summed E-state index contributed by atoms with van der Waals surface area (Å²) in [5, 5.41) is 0. The molecule has 0 saturated heterocycles. The largest absolute Gasteiger partial charge is 0.326 e. The van der Waals surface area contributed by atoms with Gasteiger partial charge in [0.2, 0.25) is 5.91 Å². The predicted octanol–water partition coefficient (Wildman–Crippen LogP) is 0.940. The minimum absolute atomic E-state index is 0.00972. The van der Waals surface area contributed by atoms with Crippen molar-refractivity contribution in [2.24, 2.45) is 5.73 Å². The van der Waals surface area contributed by atoms with E-state index in [1.54, 1.807) is 4.90 Å². The molecular formula is C12H14N2O. The van der Waals surface area contributed by atoms with Gasteiger partial charge in [0.05, 0.1) is 11.1 Å². The van der Waals surface area contributed by atoms with Gasteiger partial charge >= 0.3 is 0 Å². The van der Waals surface area contributed by atoms with Crippen molar-refractivity contribution in [1.29, 1.82) is 0 Å². The Bertz CT molecular complexity index is 469. The Morgan fingerprint density at radius 1 is 1.53 bits per heavy atom. The molecule has 1 aliphatic carbocycles. The van der Waals surface area contributed by atoms with E-state index >= 15 is 0 Å². The van der Waals surface area contributed by atoms with E-state index in [0.29, 0.717) is 0 Å². The van der Waals surface area contributed by atoms with E-state index in [-0.39, 0.29) is 17.4 Å². The molecule has 2 unspecified atom stereocenters. The molecule has 3 heteroatoms. The molecule has 2 aliphatic rings. The van der Waals surface area contributed by atoms with Crippen LogP contribution in [0.1, 0.15) is 17.5 Å². The van der Waals surface area contributed by atoms with Gasteiger partial charge in [0, 0.05) is 13.1 Å². The van der Waals surface area contributed by atoms with Gasteiger partial charge < -0.3 is 10.6 Å². The number of amides is 1. The quantitative estimate of drug-likeness (QED) is 0.680. The molecule has 1 spiro atoms. The fourth-order valence-corrected chi connectivity index (χ4v) is 2.82. The monoisotopic (exact) mass is 202 g/mol. The van der Waals surface area contributed by atoms with E-state index in [1.165, 1.54) is 0 Å². The predicted molar refractivity (Wildman–Crippen MR) is 58.9 cm³/mol. The number of carbonyl (C=O) groups is 1. The lowest BCUT2D eigenvalue weighted by atomic mass is 9.95. The van der Waals surface area contributed by atoms with Crippen LogP contribution in [0.4, 0.5) is 5.69 Å². The summed E-state index contributed by atoms with van der Waals surface area (Å²) in [6.45, 7) is 2.04. The first-order valence-electron chi connectivity index (χ1n) is 5.23. The number of aryl methyl sites for hydroxylation is 1. The first-order valence-corrected chi connectivity index (χ1v) is 5.23. The summed E-state index contributed by atoms with van der Waals surface area (Å²) in [5.41, 5.74) is 8.90.